The fourth-order valence-electron chi connectivity index (χ4n) is 2.47. The fraction of sp³-hybridized carbons (Fsp3) is 0.429. The van der Waals surface area contributed by atoms with Crippen molar-refractivity contribution in [3.05, 3.63) is 35.8 Å². The van der Waals surface area contributed by atoms with Gasteiger partial charge < -0.3 is 10.4 Å². The summed E-state index contributed by atoms with van der Waals surface area (Å²) in [4.78, 5) is 16.1. The molecule has 0 saturated heterocycles. The van der Waals surface area contributed by atoms with Crippen LogP contribution in [0.3, 0.4) is 0 Å². The van der Waals surface area contributed by atoms with Crippen LogP contribution >= 0.6 is 0 Å². The highest BCUT2D eigenvalue weighted by Crippen LogP contribution is 2.37. The van der Waals surface area contributed by atoms with Gasteiger partial charge in [-0.05, 0) is 25.0 Å². The third-order valence-electron chi connectivity index (χ3n) is 3.71. The maximum absolute atomic E-state index is 12.1. The lowest BCUT2D eigenvalue weighted by Gasteiger charge is -2.26. The number of aromatic nitrogens is 4. The number of hydrogen-bond donors (Lipinski definition) is 2. The van der Waals surface area contributed by atoms with Gasteiger partial charge in [0, 0.05) is 12.1 Å². The van der Waals surface area contributed by atoms with Crippen molar-refractivity contribution in [2.24, 2.45) is 0 Å². The number of carbonyl (C=O) groups excluding carboxylic acids is 1. The Balaban J connectivity index is 1.72. The number of rotatable bonds is 5. The minimum Gasteiger partial charge on any atom is -0.390 e. The van der Waals surface area contributed by atoms with Gasteiger partial charge in [-0.15, -0.1) is 5.10 Å². The van der Waals surface area contributed by atoms with E-state index >= 15 is 0 Å². The quantitative estimate of drug-likeness (QED) is 0.858. The van der Waals surface area contributed by atoms with Gasteiger partial charge in [0.15, 0.2) is 0 Å². The molecule has 7 heteroatoms. The van der Waals surface area contributed by atoms with Crippen LogP contribution in [0.1, 0.15) is 36.6 Å². The van der Waals surface area contributed by atoms with E-state index in [1.165, 1.54) is 6.42 Å². The summed E-state index contributed by atoms with van der Waals surface area (Å²) in [6.07, 6.45) is 4.90. The van der Waals surface area contributed by atoms with Crippen molar-refractivity contribution >= 4 is 11.7 Å². The lowest BCUT2D eigenvalue weighted by atomic mass is 9.82. The van der Waals surface area contributed by atoms with E-state index in [1.54, 1.807) is 23.0 Å². The molecule has 2 heterocycles. The smallest absolute Gasteiger partial charge is 0.247 e. The predicted molar refractivity (Wildman–Crippen MR) is 75.4 cm³/mol. The molecule has 0 aliphatic heterocycles. The largest absolute Gasteiger partial charge is 0.390 e. The van der Waals surface area contributed by atoms with Gasteiger partial charge >= 0.3 is 0 Å². The molecule has 0 aromatic carbocycles. The third-order valence-corrected chi connectivity index (χ3v) is 3.71. The Hall–Kier alpha value is -2.28. The first kappa shape index (κ1) is 13.7. The van der Waals surface area contributed by atoms with Gasteiger partial charge in [0.25, 0.3) is 0 Å². The van der Waals surface area contributed by atoms with E-state index in [0.29, 0.717) is 17.4 Å². The second-order valence-corrected chi connectivity index (χ2v) is 5.13. The highest BCUT2D eigenvalue weighted by atomic mass is 16.3. The molecular weight excluding hydrogens is 270 g/mol. The molecule has 2 aromatic rings. The van der Waals surface area contributed by atoms with Crippen molar-refractivity contribution in [2.45, 2.75) is 38.3 Å². The standard InChI is InChI=1S/C14H17N5O2/c20-9-11-14(10-4-3-5-10)19(18-17-11)8-13(21)16-12-6-1-2-7-15-12/h1-2,6-7,10,20H,3-5,8-9H2,(H,15,16,21). The fourth-order valence-corrected chi connectivity index (χ4v) is 2.47. The Bertz CT molecular complexity index is 622. The van der Waals surface area contributed by atoms with Crippen LogP contribution in [-0.4, -0.2) is 31.0 Å². The first-order valence-corrected chi connectivity index (χ1v) is 7.02. The summed E-state index contributed by atoms with van der Waals surface area (Å²) in [5.41, 5.74) is 1.46. The maximum Gasteiger partial charge on any atom is 0.247 e. The Kier molecular flexibility index (Phi) is 3.92. The summed E-state index contributed by atoms with van der Waals surface area (Å²) in [5, 5.41) is 20.0. The number of hydrogen-bond acceptors (Lipinski definition) is 5. The zero-order chi connectivity index (χ0) is 14.7. The molecule has 0 unspecified atom stereocenters. The van der Waals surface area contributed by atoms with E-state index < -0.39 is 0 Å². The van der Waals surface area contributed by atoms with Gasteiger partial charge in [0.1, 0.15) is 18.1 Å². The van der Waals surface area contributed by atoms with Crippen LogP contribution in [0.2, 0.25) is 0 Å². The summed E-state index contributed by atoms with van der Waals surface area (Å²) in [7, 11) is 0. The topological polar surface area (TPSA) is 92.9 Å². The number of aliphatic hydroxyl groups excluding tert-OH is 1. The molecular formula is C14H17N5O2. The molecule has 21 heavy (non-hydrogen) atoms. The molecule has 0 atom stereocenters. The second kappa shape index (κ2) is 6.01. The molecule has 110 valence electrons. The van der Waals surface area contributed by atoms with Crippen LogP contribution in [0.15, 0.2) is 24.4 Å². The first-order valence-electron chi connectivity index (χ1n) is 7.02. The molecule has 1 aliphatic carbocycles. The zero-order valence-corrected chi connectivity index (χ0v) is 11.6. The van der Waals surface area contributed by atoms with Crippen LogP contribution in [0.5, 0.6) is 0 Å². The van der Waals surface area contributed by atoms with Gasteiger partial charge in [-0.25, -0.2) is 9.67 Å². The average molecular weight is 287 g/mol. The number of aliphatic hydroxyl groups is 1. The summed E-state index contributed by atoms with van der Waals surface area (Å²) in [5.74, 6) is 0.656. The van der Waals surface area contributed by atoms with Crippen LogP contribution in [-0.2, 0) is 17.9 Å². The van der Waals surface area contributed by atoms with Gasteiger partial charge in [-0.2, -0.15) is 0 Å². The number of nitrogens with zero attached hydrogens (tertiary/aromatic N) is 4. The number of nitrogens with one attached hydrogen (secondary N) is 1. The van der Waals surface area contributed by atoms with Crippen LogP contribution in [0.4, 0.5) is 5.82 Å². The molecule has 7 nitrogen and oxygen atoms in total. The highest BCUT2D eigenvalue weighted by Gasteiger charge is 2.28. The van der Waals surface area contributed by atoms with Crippen molar-refractivity contribution in [3.8, 4) is 0 Å². The summed E-state index contributed by atoms with van der Waals surface area (Å²) in [6, 6.07) is 5.32. The molecule has 1 saturated carbocycles. The molecule has 2 aromatic heterocycles. The minimum absolute atomic E-state index is 0.0788. The zero-order valence-electron chi connectivity index (χ0n) is 11.6. The Morgan fingerprint density at radius 1 is 1.43 bits per heavy atom. The van der Waals surface area contributed by atoms with Crippen LogP contribution in [0.25, 0.3) is 0 Å². The maximum atomic E-state index is 12.1. The van der Waals surface area contributed by atoms with E-state index in [1.807, 2.05) is 6.07 Å². The number of pyridine rings is 1. The molecule has 0 radical (unpaired) electrons. The Labute approximate surface area is 122 Å². The number of amides is 1. The van der Waals surface area contributed by atoms with Gasteiger partial charge in [-0.1, -0.05) is 17.7 Å². The molecule has 1 aliphatic rings. The first-order chi connectivity index (χ1) is 10.3. The highest BCUT2D eigenvalue weighted by molar-refractivity contribution is 5.89. The monoisotopic (exact) mass is 287 g/mol. The van der Waals surface area contributed by atoms with Crippen molar-refractivity contribution in [3.63, 3.8) is 0 Å². The normalized spacial score (nSPS) is 14.7. The van der Waals surface area contributed by atoms with E-state index in [-0.39, 0.29) is 19.1 Å². The summed E-state index contributed by atoms with van der Waals surface area (Å²) >= 11 is 0. The van der Waals surface area contributed by atoms with Crippen LogP contribution < -0.4 is 5.32 Å². The van der Waals surface area contributed by atoms with Crippen LogP contribution in [0, 0.1) is 0 Å². The lowest BCUT2D eigenvalue weighted by Crippen LogP contribution is -2.24. The van der Waals surface area contributed by atoms with Gasteiger partial charge in [-0.3, -0.25) is 4.79 Å². The number of carbonyl (C=O) groups is 1. The Morgan fingerprint density at radius 2 is 2.29 bits per heavy atom. The second-order valence-electron chi connectivity index (χ2n) is 5.13. The minimum atomic E-state index is -0.205. The van der Waals surface area contributed by atoms with Gasteiger partial charge in [0.05, 0.1) is 12.3 Å². The van der Waals surface area contributed by atoms with Crippen molar-refractivity contribution in [1.82, 2.24) is 20.0 Å². The molecule has 0 bridgehead atoms. The molecule has 0 spiro atoms. The van der Waals surface area contributed by atoms with Crippen molar-refractivity contribution in [2.75, 3.05) is 5.32 Å². The third kappa shape index (κ3) is 2.92. The molecule has 3 rings (SSSR count). The SMILES string of the molecule is O=C(Cn1nnc(CO)c1C1CCC1)Nc1ccccn1. The van der Waals surface area contributed by atoms with Gasteiger partial charge in [0.2, 0.25) is 5.91 Å². The number of anilines is 1. The van der Waals surface area contributed by atoms with Crippen molar-refractivity contribution < 1.29 is 9.90 Å². The Morgan fingerprint density at radius 3 is 2.90 bits per heavy atom. The summed E-state index contributed by atoms with van der Waals surface area (Å²) < 4.78 is 1.59. The van der Waals surface area contributed by atoms with E-state index in [0.717, 1.165) is 18.5 Å². The summed E-state index contributed by atoms with van der Waals surface area (Å²) in [6.45, 7) is -0.0664. The molecule has 1 fully saturated rings. The average Bonchev–Trinajstić information content (AvgIpc) is 2.81. The van der Waals surface area contributed by atoms with Crippen molar-refractivity contribution in [1.29, 1.82) is 0 Å². The van der Waals surface area contributed by atoms with E-state index in [2.05, 4.69) is 20.6 Å². The predicted octanol–water partition coefficient (Wildman–Crippen LogP) is 1.07. The lowest BCUT2D eigenvalue weighted by molar-refractivity contribution is -0.117. The molecule has 2 N–H and O–H groups in total. The van der Waals surface area contributed by atoms with E-state index in [4.69, 9.17) is 0 Å². The van der Waals surface area contributed by atoms with E-state index in [9.17, 15) is 9.90 Å². The molecule has 1 amide bonds.